The van der Waals surface area contributed by atoms with Crippen LogP contribution in [0.15, 0.2) is 18.2 Å². The summed E-state index contributed by atoms with van der Waals surface area (Å²) in [7, 11) is 3.32. The fraction of sp³-hybridized carbons (Fsp3) is 0.400. The SMILES string of the molecule is COC(=O)c1n[nH]c2ccc(NC(=O)C3CN(C)CCS3)cc12. The van der Waals surface area contributed by atoms with Crippen LogP contribution in [-0.4, -0.2) is 65.2 Å². The number of carbonyl (C=O) groups excluding carboxylic acids is 2. The van der Waals surface area contributed by atoms with Crippen LogP contribution >= 0.6 is 11.8 Å². The number of H-pyrrole nitrogens is 1. The Hall–Kier alpha value is -2.06. The zero-order valence-corrected chi connectivity index (χ0v) is 13.8. The third kappa shape index (κ3) is 3.32. The Morgan fingerprint density at radius 2 is 2.30 bits per heavy atom. The maximum atomic E-state index is 12.4. The van der Waals surface area contributed by atoms with Crippen molar-refractivity contribution in [3.05, 3.63) is 23.9 Å². The molecule has 0 spiro atoms. The first-order chi connectivity index (χ1) is 11.1. The van der Waals surface area contributed by atoms with E-state index in [4.69, 9.17) is 4.74 Å². The molecule has 1 atom stereocenters. The topological polar surface area (TPSA) is 87.3 Å². The van der Waals surface area contributed by atoms with E-state index in [-0.39, 0.29) is 16.9 Å². The molecule has 8 heteroatoms. The average molecular weight is 334 g/mol. The molecule has 0 saturated carbocycles. The summed E-state index contributed by atoms with van der Waals surface area (Å²) in [4.78, 5) is 26.2. The van der Waals surface area contributed by atoms with E-state index < -0.39 is 5.97 Å². The van der Waals surface area contributed by atoms with Crippen LogP contribution in [0.5, 0.6) is 0 Å². The van der Waals surface area contributed by atoms with Gasteiger partial charge in [-0.05, 0) is 25.2 Å². The summed E-state index contributed by atoms with van der Waals surface area (Å²) in [6, 6.07) is 5.31. The predicted octanol–water partition coefficient (Wildman–Crippen LogP) is 1.34. The second kappa shape index (κ2) is 6.59. The number of carbonyl (C=O) groups is 2. The lowest BCUT2D eigenvalue weighted by atomic mass is 10.2. The zero-order chi connectivity index (χ0) is 16.4. The minimum absolute atomic E-state index is 0.0241. The van der Waals surface area contributed by atoms with Crippen molar-refractivity contribution < 1.29 is 14.3 Å². The van der Waals surface area contributed by atoms with Gasteiger partial charge in [-0.25, -0.2) is 4.79 Å². The highest BCUT2D eigenvalue weighted by atomic mass is 32.2. The maximum Gasteiger partial charge on any atom is 0.359 e. The smallest absolute Gasteiger partial charge is 0.359 e. The molecule has 7 nitrogen and oxygen atoms in total. The first-order valence-electron chi connectivity index (χ1n) is 7.26. The Labute approximate surface area is 137 Å². The van der Waals surface area contributed by atoms with Crippen LogP contribution in [0.1, 0.15) is 10.5 Å². The summed E-state index contributed by atoms with van der Waals surface area (Å²) >= 11 is 1.66. The number of methoxy groups -OCH3 is 1. The molecule has 1 amide bonds. The van der Waals surface area contributed by atoms with Crippen molar-refractivity contribution in [2.24, 2.45) is 0 Å². The number of anilines is 1. The third-order valence-corrected chi connectivity index (χ3v) is 4.95. The molecule has 2 aromatic rings. The van der Waals surface area contributed by atoms with E-state index in [1.807, 2.05) is 7.05 Å². The van der Waals surface area contributed by atoms with Gasteiger partial charge in [0.25, 0.3) is 0 Å². The maximum absolute atomic E-state index is 12.4. The van der Waals surface area contributed by atoms with E-state index in [0.29, 0.717) is 11.1 Å². The number of nitrogens with zero attached hydrogens (tertiary/aromatic N) is 2. The van der Waals surface area contributed by atoms with Crippen molar-refractivity contribution in [1.82, 2.24) is 15.1 Å². The van der Waals surface area contributed by atoms with Gasteiger partial charge in [-0.15, -0.1) is 11.8 Å². The number of hydrogen-bond donors (Lipinski definition) is 2. The molecule has 0 bridgehead atoms. The lowest BCUT2D eigenvalue weighted by Gasteiger charge is -2.28. The molecule has 0 aliphatic carbocycles. The molecule has 1 aromatic heterocycles. The lowest BCUT2D eigenvalue weighted by Crippen LogP contribution is -2.41. The largest absolute Gasteiger partial charge is 0.464 e. The molecule has 2 N–H and O–H groups in total. The van der Waals surface area contributed by atoms with Gasteiger partial charge in [-0.1, -0.05) is 0 Å². The molecule has 3 rings (SSSR count). The molecule has 1 aromatic carbocycles. The first-order valence-corrected chi connectivity index (χ1v) is 8.31. The summed E-state index contributed by atoms with van der Waals surface area (Å²) in [6.07, 6.45) is 0. The highest BCUT2D eigenvalue weighted by Crippen LogP contribution is 2.23. The molecule has 0 radical (unpaired) electrons. The molecule has 2 heterocycles. The minimum Gasteiger partial charge on any atom is -0.464 e. The second-order valence-corrected chi connectivity index (χ2v) is 6.75. The van der Waals surface area contributed by atoms with Gasteiger partial charge in [0.1, 0.15) is 0 Å². The number of aromatic nitrogens is 2. The quantitative estimate of drug-likeness (QED) is 0.824. The number of benzene rings is 1. The summed E-state index contributed by atoms with van der Waals surface area (Å²) in [6.45, 7) is 1.73. The number of ether oxygens (including phenoxy) is 1. The molecule has 1 aliphatic rings. The van der Waals surface area contributed by atoms with Crippen molar-refractivity contribution in [3.63, 3.8) is 0 Å². The van der Waals surface area contributed by atoms with Gasteiger partial charge in [-0.2, -0.15) is 5.10 Å². The number of amides is 1. The van der Waals surface area contributed by atoms with Crippen LogP contribution in [0.2, 0.25) is 0 Å². The Balaban J connectivity index is 1.80. The van der Waals surface area contributed by atoms with Gasteiger partial charge in [-0.3, -0.25) is 9.89 Å². The Bertz CT molecular complexity index is 745. The van der Waals surface area contributed by atoms with E-state index >= 15 is 0 Å². The monoisotopic (exact) mass is 334 g/mol. The van der Waals surface area contributed by atoms with Crippen molar-refractivity contribution in [3.8, 4) is 0 Å². The van der Waals surface area contributed by atoms with Crippen LogP contribution in [-0.2, 0) is 9.53 Å². The number of hydrogen-bond acceptors (Lipinski definition) is 6. The third-order valence-electron chi connectivity index (χ3n) is 3.77. The summed E-state index contributed by atoms with van der Waals surface area (Å²) in [5.41, 5.74) is 1.57. The van der Waals surface area contributed by atoms with Gasteiger partial charge in [0.2, 0.25) is 5.91 Å². The standard InChI is InChI=1S/C15H18N4O3S/c1-19-5-6-23-12(8-19)14(20)16-9-3-4-11-10(7-9)13(18-17-11)15(21)22-2/h3-4,7,12H,5-6,8H2,1-2H3,(H,16,20)(H,17,18). The zero-order valence-electron chi connectivity index (χ0n) is 13.0. The molecule has 23 heavy (non-hydrogen) atoms. The molecule has 1 aliphatic heterocycles. The summed E-state index contributed by atoms with van der Waals surface area (Å²) < 4.78 is 4.71. The Kier molecular flexibility index (Phi) is 4.53. The molecular weight excluding hydrogens is 316 g/mol. The van der Waals surface area contributed by atoms with Crippen LogP contribution in [0.25, 0.3) is 10.9 Å². The molecule has 122 valence electrons. The van der Waals surface area contributed by atoms with Crippen molar-refractivity contribution in [1.29, 1.82) is 0 Å². The molecule has 1 fully saturated rings. The number of esters is 1. The number of rotatable bonds is 3. The van der Waals surface area contributed by atoms with Crippen LogP contribution in [0.3, 0.4) is 0 Å². The fourth-order valence-electron chi connectivity index (χ4n) is 2.50. The van der Waals surface area contributed by atoms with E-state index in [1.54, 1.807) is 30.0 Å². The van der Waals surface area contributed by atoms with Crippen molar-refractivity contribution in [2.75, 3.05) is 38.3 Å². The molecule has 1 saturated heterocycles. The minimum atomic E-state index is -0.510. The lowest BCUT2D eigenvalue weighted by molar-refractivity contribution is -0.116. The van der Waals surface area contributed by atoms with Gasteiger partial charge < -0.3 is 15.0 Å². The van der Waals surface area contributed by atoms with Crippen molar-refractivity contribution >= 4 is 40.2 Å². The number of thioether (sulfide) groups is 1. The number of aromatic amines is 1. The summed E-state index contributed by atoms with van der Waals surface area (Å²) in [5.74, 6) is 0.412. The molecule has 1 unspecified atom stereocenters. The fourth-order valence-corrected chi connectivity index (χ4v) is 3.78. The van der Waals surface area contributed by atoms with Crippen LogP contribution in [0, 0.1) is 0 Å². The van der Waals surface area contributed by atoms with Gasteiger partial charge in [0.05, 0.1) is 17.9 Å². The van der Waals surface area contributed by atoms with E-state index in [9.17, 15) is 9.59 Å². The van der Waals surface area contributed by atoms with E-state index in [1.165, 1.54) is 7.11 Å². The Morgan fingerprint density at radius 1 is 1.48 bits per heavy atom. The highest BCUT2D eigenvalue weighted by Gasteiger charge is 2.25. The average Bonchev–Trinajstić information content (AvgIpc) is 2.97. The highest BCUT2D eigenvalue weighted by molar-refractivity contribution is 8.00. The first kappa shape index (κ1) is 15.8. The Morgan fingerprint density at radius 3 is 3.04 bits per heavy atom. The van der Waals surface area contributed by atoms with Gasteiger partial charge in [0, 0.05) is 29.9 Å². The predicted molar refractivity (Wildman–Crippen MR) is 89.8 cm³/mol. The second-order valence-electron chi connectivity index (χ2n) is 5.44. The number of nitrogens with one attached hydrogen (secondary N) is 2. The molecular formula is C15H18N4O3S. The van der Waals surface area contributed by atoms with E-state index in [0.717, 1.165) is 24.4 Å². The van der Waals surface area contributed by atoms with Crippen molar-refractivity contribution in [2.45, 2.75) is 5.25 Å². The van der Waals surface area contributed by atoms with Gasteiger partial charge in [0.15, 0.2) is 5.69 Å². The van der Waals surface area contributed by atoms with Crippen LogP contribution < -0.4 is 5.32 Å². The normalized spacial score (nSPS) is 18.8. The number of fused-ring (bicyclic) bond motifs is 1. The van der Waals surface area contributed by atoms with E-state index in [2.05, 4.69) is 20.4 Å². The van der Waals surface area contributed by atoms with Crippen LogP contribution in [0.4, 0.5) is 5.69 Å². The van der Waals surface area contributed by atoms with Gasteiger partial charge >= 0.3 is 5.97 Å². The summed E-state index contributed by atoms with van der Waals surface area (Å²) in [5, 5.41) is 10.2.